The summed E-state index contributed by atoms with van der Waals surface area (Å²) in [6, 6.07) is 0. The predicted molar refractivity (Wildman–Crippen MR) is 112 cm³/mol. The Morgan fingerprint density at radius 1 is 0.933 bits per heavy atom. The zero-order chi connectivity index (χ0) is 21.8. The van der Waals surface area contributed by atoms with E-state index in [0.717, 1.165) is 25.7 Å². The van der Waals surface area contributed by atoms with Crippen LogP contribution in [0.2, 0.25) is 0 Å². The molecule has 5 heteroatoms. The molecule has 0 saturated heterocycles. The van der Waals surface area contributed by atoms with Crippen molar-refractivity contribution in [3.05, 3.63) is 23.3 Å². The highest BCUT2D eigenvalue weighted by Crippen LogP contribution is 2.65. The van der Waals surface area contributed by atoms with Crippen molar-refractivity contribution in [3.8, 4) is 0 Å². The van der Waals surface area contributed by atoms with E-state index in [1.165, 1.54) is 25.0 Å². The first kappa shape index (κ1) is 21.3. The fraction of sp³-hybridized carbons (Fsp3) is 0.720. The van der Waals surface area contributed by atoms with Crippen molar-refractivity contribution in [2.45, 2.75) is 85.4 Å². The second-order valence-corrected chi connectivity index (χ2v) is 10.3. The zero-order valence-electron chi connectivity index (χ0n) is 18.8. The van der Waals surface area contributed by atoms with Gasteiger partial charge in [-0.1, -0.05) is 37.1 Å². The summed E-state index contributed by atoms with van der Waals surface area (Å²) >= 11 is 0. The summed E-state index contributed by atoms with van der Waals surface area (Å²) < 4.78 is 11.4. The van der Waals surface area contributed by atoms with Gasteiger partial charge in [0.05, 0.1) is 0 Å². The first-order valence-electron chi connectivity index (χ1n) is 11.3. The molecule has 0 bridgehead atoms. The standard InChI is InChI=1S/C25H34O5/c1-14(26)20-8-9-21-19-7-6-17-12-18(29-15(2)27)13-23(30-16(3)28)25(17,5)22(19)10-11-24(20,21)4/h6-7,18,20-23H,8-13H2,1-5H3/t18?,20-,21+,22+,23?,24-,25+/m1/s1. The fourth-order valence-corrected chi connectivity index (χ4v) is 7.37. The lowest BCUT2D eigenvalue weighted by Gasteiger charge is -2.56. The Morgan fingerprint density at radius 3 is 2.27 bits per heavy atom. The number of esters is 2. The van der Waals surface area contributed by atoms with Gasteiger partial charge in [-0.15, -0.1) is 0 Å². The van der Waals surface area contributed by atoms with Crippen molar-refractivity contribution >= 4 is 17.7 Å². The molecule has 4 aliphatic rings. The highest BCUT2D eigenvalue weighted by Gasteiger charge is 2.60. The normalized spacial score (nSPS) is 42.1. The summed E-state index contributed by atoms with van der Waals surface area (Å²) in [6.45, 7) is 9.15. The molecule has 3 saturated carbocycles. The third-order valence-electron chi connectivity index (χ3n) is 8.73. The molecule has 0 amide bonds. The number of hydrogen-bond acceptors (Lipinski definition) is 5. The molecule has 4 rings (SSSR count). The number of carbonyl (C=O) groups excluding carboxylic acids is 3. The van der Waals surface area contributed by atoms with E-state index in [1.807, 2.05) is 0 Å². The number of Topliss-reactive ketones (excluding diaryl/α,β-unsaturated/α-hetero) is 1. The number of allylic oxidation sites excluding steroid dienone is 3. The summed E-state index contributed by atoms with van der Waals surface area (Å²) in [7, 11) is 0. The van der Waals surface area contributed by atoms with Gasteiger partial charge in [-0.2, -0.15) is 0 Å². The lowest BCUT2D eigenvalue weighted by Crippen LogP contribution is -2.54. The summed E-state index contributed by atoms with van der Waals surface area (Å²) in [5, 5.41) is 0. The Bertz CT molecular complexity index is 838. The van der Waals surface area contributed by atoms with Gasteiger partial charge in [0.25, 0.3) is 0 Å². The maximum absolute atomic E-state index is 12.3. The van der Waals surface area contributed by atoms with Crippen molar-refractivity contribution in [3.63, 3.8) is 0 Å². The van der Waals surface area contributed by atoms with Gasteiger partial charge >= 0.3 is 11.9 Å². The topological polar surface area (TPSA) is 69.7 Å². The molecule has 0 aromatic carbocycles. The lowest BCUT2D eigenvalue weighted by molar-refractivity contribution is -0.165. The number of fused-ring (bicyclic) bond motifs is 5. The van der Waals surface area contributed by atoms with Gasteiger partial charge in [-0.25, -0.2) is 0 Å². The number of carbonyl (C=O) groups is 3. The first-order valence-corrected chi connectivity index (χ1v) is 11.3. The van der Waals surface area contributed by atoms with E-state index in [9.17, 15) is 14.4 Å². The quantitative estimate of drug-likeness (QED) is 0.634. The van der Waals surface area contributed by atoms with Crippen LogP contribution in [0.4, 0.5) is 0 Å². The van der Waals surface area contributed by atoms with Crippen molar-refractivity contribution in [1.82, 2.24) is 0 Å². The Balaban J connectivity index is 1.72. The minimum atomic E-state index is -0.317. The summed E-state index contributed by atoms with van der Waals surface area (Å²) in [4.78, 5) is 35.9. The van der Waals surface area contributed by atoms with Gasteiger partial charge in [0.1, 0.15) is 18.0 Å². The van der Waals surface area contributed by atoms with E-state index in [2.05, 4.69) is 26.0 Å². The van der Waals surface area contributed by atoms with Gasteiger partial charge in [-0.05, 0) is 49.9 Å². The predicted octanol–water partition coefficient (Wildman–Crippen LogP) is 4.55. The fourth-order valence-electron chi connectivity index (χ4n) is 7.37. The molecule has 7 atom stereocenters. The highest BCUT2D eigenvalue weighted by atomic mass is 16.6. The van der Waals surface area contributed by atoms with Crippen LogP contribution in [0.1, 0.15) is 73.1 Å². The molecular formula is C25H34O5. The maximum Gasteiger partial charge on any atom is 0.302 e. The van der Waals surface area contributed by atoms with Crippen molar-refractivity contribution < 1.29 is 23.9 Å². The first-order chi connectivity index (χ1) is 14.1. The van der Waals surface area contributed by atoms with Crippen LogP contribution in [-0.2, 0) is 23.9 Å². The largest absolute Gasteiger partial charge is 0.462 e. The molecular weight excluding hydrogens is 380 g/mol. The van der Waals surface area contributed by atoms with Crippen molar-refractivity contribution in [2.24, 2.45) is 28.6 Å². The molecule has 164 valence electrons. The number of ether oxygens (including phenoxy) is 2. The van der Waals surface area contributed by atoms with Crippen molar-refractivity contribution in [2.75, 3.05) is 0 Å². The third kappa shape index (κ3) is 3.16. The second-order valence-electron chi connectivity index (χ2n) is 10.3. The average molecular weight is 415 g/mol. The van der Waals surface area contributed by atoms with E-state index < -0.39 is 0 Å². The van der Waals surface area contributed by atoms with Crippen LogP contribution in [0.15, 0.2) is 23.3 Å². The Kier molecular flexibility index (Phi) is 5.22. The molecule has 3 fully saturated rings. The smallest absolute Gasteiger partial charge is 0.302 e. The number of rotatable bonds is 3. The molecule has 4 aliphatic carbocycles. The highest BCUT2D eigenvalue weighted by molar-refractivity contribution is 5.79. The molecule has 0 aromatic heterocycles. The van der Waals surface area contributed by atoms with Crippen LogP contribution in [0.3, 0.4) is 0 Å². The maximum atomic E-state index is 12.3. The van der Waals surface area contributed by atoms with Crippen molar-refractivity contribution in [1.29, 1.82) is 0 Å². The number of ketones is 1. The second kappa shape index (κ2) is 7.35. The van der Waals surface area contributed by atoms with E-state index in [1.54, 1.807) is 6.92 Å². The molecule has 0 spiro atoms. The number of hydrogen-bond donors (Lipinski definition) is 0. The van der Waals surface area contributed by atoms with Gasteiger partial charge < -0.3 is 9.47 Å². The van der Waals surface area contributed by atoms with Gasteiger partial charge in [-0.3, -0.25) is 14.4 Å². The average Bonchev–Trinajstić information content (AvgIpc) is 2.99. The molecule has 2 unspecified atom stereocenters. The van der Waals surface area contributed by atoms with Crippen LogP contribution in [0, 0.1) is 28.6 Å². The minimum Gasteiger partial charge on any atom is -0.462 e. The molecule has 0 radical (unpaired) electrons. The summed E-state index contributed by atoms with van der Waals surface area (Å²) in [5.74, 6) is 0.571. The van der Waals surface area contributed by atoms with Crippen LogP contribution in [0.5, 0.6) is 0 Å². The molecule has 30 heavy (non-hydrogen) atoms. The monoisotopic (exact) mass is 414 g/mol. The van der Waals surface area contributed by atoms with E-state index >= 15 is 0 Å². The van der Waals surface area contributed by atoms with Gasteiger partial charge in [0.2, 0.25) is 0 Å². The molecule has 0 heterocycles. The van der Waals surface area contributed by atoms with E-state index in [4.69, 9.17) is 9.47 Å². The lowest BCUT2D eigenvalue weighted by atomic mass is 9.49. The molecule has 0 N–H and O–H groups in total. The Morgan fingerprint density at radius 2 is 1.63 bits per heavy atom. The van der Waals surface area contributed by atoms with Crippen LogP contribution >= 0.6 is 0 Å². The Labute approximate surface area is 179 Å². The van der Waals surface area contributed by atoms with Crippen LogP contribution < -0.4 is 0 Å². The van der Waals surface area contributed by atoms with E-state index in [0.29, 0.717) is 30.5 Å². The van der Waals surface area contributed by atoms with Gasteiger partial charge in [0, 0.05) is 38.0 Å². The SMILES string of the molecule is CC(=O)OC1CC2=CC=C3[C@@H]4CC[C@H](C(C)=O)[C@@]4(C)CC[C@@H]3[C@@]2(C)C(OC(C)=O)C1. The van der Waals surface area contributed by atoms with E-state index in [-0.39, 0.29) is 40.9 Å². The van der Waals surface area contributed by atoms with Crippen LogP contribution in [0.25, 0.3) is 0 Å². The summed E-state index contributed by atoms with van der Waals surface area (Å²) in [5.41, 5.74) is 2.38. The Hall–Kier alpha value is -1.91. The van der Waals surface area contributed by atoms with Gasteiger partial charge in [0.15, 0.2) is 0 Å². The molecule has 0 aliphatic heterocycles. The minimum absolute atomic E-state index is 0.0295. The molecule has 5 nitrogen and oxygen atoms in total. The zero-order valence-corrected chi connectivity index (χ0v) is 18.8. The third-order valence-corrected chi connectivity index (χ3v) is 8.73. The molecule has 0 aromatic rings. The van der Waals surface area contributed by atoms with Crippen LogP contribution in [-0.4, -0.2) is 29.9 Å². The summed E-state index contributed by atoms with van der Waals surface area (Å²) in [6.07, 6.45) is 9.14.